The van der Waals surface area contributed by atoms with Crippen molar-refractivity contribution in [2.45, 2.75) is 6.61 Å². The first kappa shape index (κ1) is 21.5. The largest absolute Gasteiger partial charge is 0.495 e. The monoisotopic (exact) mass is 414 g/mol. The summed E-state index contributed by atoms with van der Waals surface area (Å²) in [5, 5.41) is 12.2. The fourth-order valence-electron chi connectivity index (χ4n) is 2.88. The molecule has 6 heteroatoms. The maximum absolute atomic E-state index is 12.6. The van der Waals surface area contributed by atoms with Crippen molar-refractivity contribution < 1.29 is 19.0 Å². The second kappa shape index (κ2) is 10.5. The first-order valence-electron chi connectivity index (χ1n) is 9.55. The Morgan fingerprint density at radius 2 is 1.65 bits per heavy atom. The quantitative estimate of drug-likeness (QED) is 0.422. The molecule has 0 aliphatic heterocycles. The van der Waals surface area contributed by atoms with Gasteiger partial charge in [0.05, 0.1) is 19.9 Å². The normalized spacial score (nSPS) is 10.7. The third-order valence-electron chi connectivity index (χ3n) is 4.46. The number of nitriles is 1. The molecular formula is C25H22N2O4. The molecule has 0 aliphatic carbocycles. The van der Waals surface area contributed by atoms with Gasteiger partial charge in [-0.2, -0.15) is 5.26 Å². The average Bonchev–Trinajstić information content (AvgIpc) is 2.82. The Kier molecular flexibility index (Phi) is 7.28. The van der Waals surface area contributed by atoms with E-state index in [1.165, 1.54) is 20.3 Å². The summed E-state index contributed by atoms with van der Waals surface area (Å²) in [6.45, 7) is 0.400. The lowest BCUT2D eigenvalue weighted by Crippen LogP contribution is -2.14. The molecule has 1 amide bonds. The summed E-state index contributed by atoms with van der Waals surface area (Å²) in [5.41, 5.74) is 2.10. The highest BCUT2D eigenvalue weighted by Gasteiger charge is 2.13. The minimum Gasteiger partial charge on any atom is -0.495 e. The number of hydrogen-bond acceptors (Lipinski definition) is 5. The Morgan fingerprint density at radius 1 is 0.935 bits per heavy atom. The third-order valence-corrected chi connectivity index (χ3v) is 4.46. The summed E-state index contributed by atoms with van der Waals surface area (Å²) >= 11 is 0. The van der Waals surface area contributed by atoms with Crippen molar-refractivity contribution in [1.82, 2.24) is 0 Å². The van der Waals surface area contributed by atoms with Crippen molar-refractivity contribution in [2.75, 3.05) is 19.5 Å². The summed E-state index contributed by atoms with van der Waals surface area (Å²) < 4.78 is 16.5. The molecule has 3 aromatic carbocycles. The van der Waals surface area contributed by atoms with E-state index in [9.17, 15) is 10.1 Å². The van der Waals surface area contributed by atoms with Gasteiger partial charge in [0.1, 0.15) is 24.0 Å². The molecule has 6 nitrogen and oxygen atoms in total. The minimum atomic E-state index is -0.532. The van der Waals surface area contributed by atoms with E-state index in [4.69, 9.17) is 14.2 Å². The molecule has 0 bridgehead atoms. The van der Waals surface area contributed by atoms with E-state index in [2.05, 4.69) is 5.32 Å². The van der Waals surface area contributed by atoms with Crippen LogP contribution in [0.3, 0.4) is 0 Å². The van der Waals surface area contributed by atoms with Gasteiger partial charge in [-0.25, -0.2) is 0 Å². The second-order valence-electron chi connectivity index (χ2n) is 6.51. The molecule has 0 saturated carbocycles. The van der Waals surface area contributed by atoms with Gasteiger partial charge in [-0.15, -0.1) is 0 Å². The van der Waals surface area contributed by atoms with Gasteiger partial charge < -0.3 is 19.5 Å². The SMILES string of the molecule is COc1ccccc1NC(=O)C(C#N)=Cc1ccc(OCc2ccccc2)c(OC)c1. The molecular weight excluding hydrogens is 392 g/mol. The number of methoxy groups -OCH3 is 2. The zero-order chi connectivity index (χ0) is 22.1. The van der Waals surface area contributed by atoms with E-state index in [1.54, 1.807) is 42.5 Å². The molecule has 0 aliphatic rings. The van der Waals surface area contributed by atoms with Crippen LogP contribution in [-0.4, -0.2) is 20.1 Å². The van der Waals surface area contributed by atoms with Crippen LogP contribution in [0.25, 0.3) is 6.08 Å². The van der Waals surface area contributed by atoms with Gasteiger partial charge in [0.25, 0.3) is 5.91 Å². The molecule has 0 aromatic heterocycles. The summed E-state index contributed by atoms with van der Waals surface area (Å²) in [5.74, 6) is 1.05. The lowest BCUT2D eigenvalue weighted by molar-refractivity contribution is -0.112. The predicted molar refractivity (Wildman–Crippen MR) is 119 cm³/mol. The standard InChI is InChI=1S/C25H22N2O4/c1-29-22-11-7-6-10-21(22)27-25(28)20(16-26)14-19-12-13-23(24(15-19)30-2)31-17-18-8-4-3-5-9-18/h3-15H,17H2,1-2H3,(H,27,28). The zero-order valence-electron chi connectivity index (χ0n) is 17.3. The number of nitrogens with zero attached hydrogens (tertiary/aromatic N) is 1. The smallest absolute Gasteiger partial charge is 0.266 e. The Labute approximate surface area is 181 Å². The van der Waals surface area contributed by atoms with Crippen LogP contribution in [0.5, 0.6) is 17.2 Å². The molecule has 0 radical (unpaired) electrons. The van der Waals surface area contributed by atoms with Crippen LogP contribution < -0.4 is 19.5 Å². The van der Waals surface area contributed by atoms with Crippen LogP contribution in [0.4, 0.5) is 5.69 Å². The molecule has 1 N–H and O–H groups in total. The van der Waals surface area contributed by atoms with Gasteiger partial charge in [-0.3, -0.25) is 4.79 Å². The highest BCUT2D eigenvalue weighted by Crippen LogP contribution is 2.30. The first-order chi connectivity index (χ1) is 15.1. The van der Waals surface area contributed by atoms with Gasteiger partial charge in [-0.05, 0) is 41.5 Å². The van der Waals surface area contributed by atoms with Gasteiger partial charge in [0.15, 0.2) is 11.5 Å². The second-order valence-corrected chi connectivity index (χ2v) is 6.51. The van der Waals surface area contributed by atoms with E-state index >= 15 is 0 Å². The average molecular weight is 414 g/mol. The van der Waals surface area contributed by atoms with Crippen LogP contribution in [-0.2, 0) is 11.4 Å². The molecule has 3 rings (SSSR count). The fraction of sp³-hybridized carbons (Fsp3) is 0.120. The number of carbonyl (C=O) groups excluding carboxylic acids is 1. The Bertz CT molecular complexity index is 1120. The number of hydrogen-bond donors (Lipinski definition) is 1. The van der Waals surface area contributed by atoms with E-state index in [1.807, 2.05) is 36.4 Å². The molecule has 0 unspecified atom stereocenters. The Balaban J connectivity index is 1.77. The third kappa shape index (κ3) is 5.64. The molecule has 0 saturated heterocycles. The van der Waals surface area contributed by atoms with E-state index in [0.717, 1.165) is 5.56 Å². The Hall–Kier alpha value is -4.24. The van der Waals surface area contributed by atoms with Crippen molar-refractivity contribution in [2.24, 2.45) is 0 Å². The summed E-state index contributed by atoms with van der Waals surface area (Å²) in [6, 6.07) is 24.0. The number of nitrogens with one attached hydrogen (secondary N) is 1. The van der Waals surface area contributed by atoms with Crippen molar-refractivity contribution in [3.8, 4) is 23.3 Å². The molecule has 0 fully saturated rings. The number of carbonyl (C=O) groups is 1. The van der Waals surface area contributed by atoms with Crippen molar-refractivity contribution in [1.29, 1.82) is 5.26 Å². The topological polar surface area (TPSA) is 80.6 Å². The van der Waals surface area contributed by atoms with Crippen LogP contribution in [0.1, 0.15) is 11.1 Å². The number of amides is 1. The molecule has 0 atom stereocenters. The number of para-hydroxylation sites is 2. The predicted octanol–water partition coefficient (Wildman–Crippen LogP) is 4.83. The van der Waals surface area contributed by atoms with Crippen molar-refractivity contribution >= 4 is 17.7 Å². The van der Waals surface area contributed by atoms with Crippen LogP contribution in [0.2, 0.25) is 0 Å². The lowest BCUT2D eigenvalue weighted by atomic mass is 10.1. The van der Waals surface area contributed by atoms with Crippen LogP contribution >= 0.6 is 0 Å². The number of anilines is 1. The molecule has 0 spiro atoms. The first-order valence-corrected chi connectivity index (χ1v) is 9.55. The lowest BCUT2D eigenvalue weighted by Gasteiger charge is -2.12. The highest BCUT2D eigenvalue weighted by molar-refractivity contribution is 6.10. The maximum Gasteiger partial charge on any atom is 0.266 e. The van der Waals surface area contributed by atoms with Crippen LogP contribution in [0.15, 0.2) is 78.4 Å². The van der Waals surface area contributed by atoms with Crippen molar-refractivity contribution in [3.63, 3.8) is 0 Å². The molecule has 31 heavy (non-hydrogen) atoms. The van der Waals surface area contributed by atoms with Gasteiger partial charge in [-0.1, -0.05) is 48.5 Å². The number of rotatable bonds is 8. The number of benzene rings is 3. The van der Waals surface area contributed by atoms with Gasteiger partial charge in [0.2, 0.25) is 0 Å². The fourth-order valence-corrected chi connectivity index (χ4v) is 2.88. The zero-order valence-corrected chi connectivity index (χ0v) is 17.3. The number of ether oxygens (including phenoxy) is 3. The highest BCUT2D eigenvalue weighted by atomic mass is 16.5. The summed E-state index contributed by atoms with van der Waals surface area (Å²) in [6.07, 6.45) is 1.49. The van der Waals surface area contributed by atoms with Crippen molar-refractivity contribution in [3.05, 3.63) is 89.5 Å². The Morgan fingerprint density at radius 3 is 2.35 bits per heavy atom. The minimum absolute atomic E-state index is 0.0501. The van der Waals surface area contributed by atoms with Gasteiger partial charge in [0, 0.05) is 0 Å². The van der Waals surface area contributed by atoms with E-state index in [0.29, 0.717) is 35.1 Å². The van der Waals surface area contributed by atoms with Gasteiger partial charge >= 0.3 is 0 Å². The summed E-state index contributed by atoms with van der Waals surface area (Å²) in [7, 11) is 3.05. The van der Waals surface area contributed by atoms with Crippen LogP contribution in [0, 0.1) is 11.3 Å². The molecule has 0 heterocycles. The van der Waals surface area contributed by atoms with E-state index < -0.39 is 5.91 Å². The van der Waals surface area contributed by atoms with E-state index in [-0.39, 0.29) is 5.57 Å². The molecule has 156 valence electrons. The molecule has 3 aromatic rings. The maximum atomic E-state index is 12.6. The summed E-state index contributed by atoms with van der Waals surface area (Å²) in [4.78, 5) is 12.6.